The van der Waals surface area contributed by atoms with Crippen LogP contribution in [0.4, 0.5) is 0 Å². The van der Waals surface area contributed by atoms with E-state index in [-0.39, 0.29) is 11.9 Å². The monoisotopic (exact) mass is 288 g/mol. The van der Waals surface area contributed by atoms with Crippen molar-refractivity contribution < 1.29 is 9.21 Å². The molecule has 0 aliphatic carbocycles. The van der Waals surface area contributed by atoms with Gasteiger partial charge in [-0.3, -0.25) is 9.89 Å². The lowest BCUT2D eigenvalue weighted by molar-refractivity contribution is 0.0567. The molecule has 3 heterocycles. The van der Waals surface area contributed by atoms with E-state index >= 15 is 0 Å². The number of likely N-dealkylation sites (tertiary alicyclic amines) is 1. The second-order valence-electron chi connectivity index (χ2n) is 5.66. The van der Waals surface area contributed by atoms with Crippen molar-refractivity contribution in [3.63, 3.8) is 0 Å². The number of carbonyl (C=O) groups is 1. The van der Waals surface area contributed by atoms with E-state index in [9.17, 15) is 4.79 Å². The van der Waals surface area contributed by atoms with Crippen molar-refractivity contribution in [2.75, 3.05) is 13.1 Å². The van der Waals surface area contributed by atoms with Gasteiger partial charge < -0.3 is 15.1 Å². The van der Waals surface area contributed by atoms with Gasteiger partial charge in [-0.2, -0.15) is 5.10 Å². The molecule has 1 aliphatic rings. The van der Waals surface area contributed by atoms with Crippen LogP contribution in [0.15, 0.2) is 28.9 Å². The van der Waals surface area contributed by atoms with Crippen molar-refractivity contribution in [3.8, 4) is 11.5 Å². The van der Waals surface area contributed by atoms with Crippen LogP contribution in [-0.2, 0) is 0 Å². The molecular weight excluding hydrogens is 268 g/mol. The number of rotatable bonds is 3. The molecule has 112 valence electrons. The highest BCUT2D eigenvalue weighted by Gasteiger charge is 2.30. The van der Waals surface area contributed by atoms with Crippen LogP contribution in [-0.4, -0.2) is 40.1 Å². The molecule has 0 aromatic carbocycles. The smallest absolute Gasteiger partial charge is 0.274 e. The fourth-order valence-corrected chi connectivity index (χ4v) is 2.88. The standard InChI is InChI=1S/C15H20N4O2/c1-10-4-5-19(11(7-10)9-16)15(20)13-8-12(17-18-13)14-3-2-6-21-14/h2-3,6,8,10-11H,4-5,7,9,16H2,1H3,(H,17,18). The number of nitrogens with one attached hydrogen (secondary N) is 1. The highest BCUT2D eigenvalue weighted by Crippen LogP contribution is 2.24. The normalized spacial score (nSPS) is 22.5. The number of H-pyrrole nitrogens is 1. The third-order valence-corrected chi connectivity index (χ3v) is 4.09. The van der Waals surface area contributed by atoms with Crippen molar-refractivity contribution in [1.29, 1.82) is 0 Å². The summed E-state index contributed by atoms with van der Waals surface area (Å²) in [5.41, 5.74) is 6.94. The molecule has 2 aromatic rings. The van der Waals surface area contributed by atoms with Gasteiger partial charge in [0.1, 0.15) is 5.69 Å². The molecule has 1 amide bonds. The Bertz CT molecular complexity index is 605. The summed E-state index contributed by atoms with van der Waals surface area (Å²) >= 11 is 0. The Morgan fingerprint density at radius 2 is 2.48 bits per heavy atom. The molecule has 2 atom stereocenters. The number of aromatic nitrogens is 2. The number of hydrogen-bond acceptors (Lipinski definition) is 4. The molecule has 0 bridgehead atoms. The van der Waals surface area contributed by atoms with E-state index in [1.165, 1.54) is 0 Å². The fraction of sp³-hybridized carbons (Fsp3) is 0.467. The van der Waals surface area contributed by atoms with Crippen LogP contribution in [0, 0.1) is 5.92 Å². The molecule has 1 fully saturated rings. The molecule has 3 rings (SSSR count). The summed E-state index contributed by atoms with van der Waals surface area (Å²) in [4.78, 5) is 14.5. The number of nitrogens with zero attached hydrogens (tertiary/aromatic N) is 2. The van der Waals surface area contributed by atoms with Crippen LogP contribution in [0.1, 0.15) is 30.3 Å². The summed E-state index contributed by atoms with van der Waals surface area (Å²) in [7, 11) is 0. The Hall–Kier alpha value is -2.08. The van der Waals surface area contributed by atoms with Crippen molar-refractivity contribution in [1.82, 2.24) is 15.1 Å². The minimum Gasteiger partial charge on any atom is -0.463 e. The number of aromatic amines is 1. The van der Waals surface area contributed by atoms with Gasteiger partial charge in [0.25, 0.3) is 5.91 Å². The van der Waals surface area contributed by atoms with Gasteiger partial charge in [-0.15, -0.1) is 0 Å². The zero-order valence-corrected chi connectivity index (χ0v) is 12.1. The number of carbonyl (C=O) groups excluding carboxylic acids is 1. The summed E-state index contributed by atoms with van der Waals surface area (Å²) in [5.74, 6) is 1.22. The second-order valence-corrected chi connectivity index (χ2v) is 5.66. The van der Waals surface area contributed by atoms with E-state index in [1.54, 1.807) is 18.4 Å². The molecule has 6 nitrogen and oxygen atoms in total. The second kappa shape index (κ2) is 5.73. The van der Waals surface area contributed by atoms with Gasteiger partial charge in [-0.1, -0.05) is 6.92 Å². The number of hydrogen-bond donors (Lipinski definition) is 2. The molecule has 0 saturated carbocycles. The van der Waals surface area contributed by atoms with Crippen molar-refractivity contribution >= 4 is 5.91 Å². The van der Waals surface area contributed by atoms with E-state index in [2.05, 4.69) is 17.1 Å². The Morgan fingerprint density at radius 1 is 1.62 bits per heavy atom. The lowest BCUT2D eigenvalue weighted by Gasteiger charge is -2.37. The first kappa shape index (κ1) is 13.9. The molecule has 0 radical (unpaired) electrons. The molecule has 1 saturated heterocycles. The van der Waals surface area contributed by atoms with Gasteiger partial charge in [-0.25, -0.2) is 0 Å². The van der Waals surface area contributed by atoms with Crippen LogP contribution in [0.5, 0.6) is 0 Å². The molecule has 21 heavy (non-hydrogen) atoms. The SMILES string of the molecule is CC1CCN(C(=O)c2cc(-c3ccco3)[nH]n2)C(CN)C1. The summed E-state index contributed by atoms with van der Waals surface area (Å²) in [5, 5.41) is 6.97. The van der Waals surface area contributed by atoms with Crippen LogP contribution < -0.4 is 5.73 Å². The minimum absolute atomic E-state index is 0.0635. The average Bonchev–Trinajstić information content (AvgIpc) is 3.17. The highest BCUT2D eigenvalue weighted by atomic mass is 16.3. The van der Waals surface area contributed by atoms with Crippen molar-refractivity contribution in [2.45, 2.75) is 25.8 Å². The summed E-state index contributed by atoms with van der Waals surface area (Å²) in [6, 6.07) is 5.46. The van der Waals surface area contributed by atoms with E-state index < -0.39 is 0 Å². The van der Waals surface area contributed by atoms with Crippen LogP contribution in [0.2, 0.25) is 0 Å². The number of piperidine rings is 1. The van der Waals surface area contributed by atoms with Gasteiger partial charge in [0, 0.05) is 25.2 Å². The van der Waals surface area contributed by atoms with Gasteiger partial charge in [0.2, 0.25) is 0 Å². The average molecular weight is 288 g/mol. The molecule has 3 N–H and O–H groups in total. The predicted octanol–water partition coefficient (Wildman–Crippen LogP) is 1.87. The number of nitrogens with two attached hydrogens (primary N) is 1. The van der Waals surface area contributed by atoms with E-state index in [0.717, 1.165) is 19.4 Å². The zero-order chi connectivity index (χ0) is 14.8. The Labute approximate surface area is 123 Å². The minimum atomic E-state index is -0.0635. The fourth-order valence-electron chi connectivity index (χ4n) is 2.88. The molecule has 2 aromatic heterocycles. The number of furan rings is 1. The lowest BCUT2D eigenvalue weighted by atomic mass is 9.92. The summed E-state index contributed by atoms with van der Waals surface area (Å²) < 4.78 is 5.30. The van der Waals surface area contributed by atoms with Crippen LogP contribution in [0.3, 0.4) is 0 Å². The Morgan fingerprint density at radius 3 is 3.19 bits per heavy atom. The molecule has 0 spiro atoms. The molecule has 2 unspecified atom stereocenters. The van der Waals surface area contributed by atoms with E-state index in [4.69, 9.17) is 10.2 Å². The molecule has 6 heteroatoms. The van der Waals surface area contributed by atoms with Crippen molar-refractivity contribution in [3.05, 3.63) is 30.2 Å². The first-order valence-corrected chi connectivity index (χ1v) is 7.29. The largest absolute Gasteiger partial charge is 0.463 e. The first-order chi connectivity index (χ1) is 10.2. The molecule has 1 aliphatic heterocycles. The number of amides is 1. The Balaban J connectivity index is 1.78. The lowest BCUT2D eigenvalue weighted by Crippen LogP contribution is -2.49. The van der Waals surface area contributed by atoms with Gasteiger partial charge in [0.05, 0.1) is 6.26 Å². The topological polar surface area (TPSA) is 88.2 Å². The maximum Gasteiger partial charge on any atom is 0.274 e. The third-order valence-electron chi connectivity index (χ3n) is 4.09. The van der Waals surface area contributed by atoms with Gasteiger partial charge >= 0.3 is 0 Å². The predicted molar refractivity (Wildman–Crippen MR) is 78.6 cm³/mol. The summed E-state index contributed by atoms with van der Waals surface area (Å²) in [6.07, 6.45) is 3.56. The maximum atomic E-state index is 12.6. The van der Waals surface area contributed by atoms with Gasteiger partial charge in [0.15, 0.2) is 11.5 Å². The van der Waals surface area contributed by atoms with E-state index in [0.29, 0.717) is 29.6 Å². The maximum absolute atomic E-state index is 12.6. The zero-order valence-electron chi connectivity index (χ0n) is 12.1. The third kappa shape index (κ3) is 2.71. The van der Waals surface area contributed by atoms with Crippen molar-refractivity contribution in [2.24, 2.45) is 11.7 Å². The van der Waals surface area contributed by atoms with Crippen LogP contribution in [0.25, 0.3) is 11.5 Å². The molecular formula is C15H20N4O2. The van der Waals surface area contributed by atoms with E-state index in [1.807, 2.05) is 11.0 Å². The highest BCUT2D eigenvalue weighted by molar-refractivity contribution is 5.93. The quantitative estimate of drug-likeness (QED) is 0.902. The Kier molecular flexibility index (Phi) is 3.79. The summed E-state index contributed by atoms with van der Waals surface area (Å²) in [6.45, 7) is 3.43. The first-order valence-electron chi connectivity index (χ1n) is 7.29. The van der Waals surface area contributed by atoms with Gasteiger partial charge in [-0.05, 0) is 30.9 Å². The van der Waals surface area contributed by atoms with Crippen LogP contribution >= 0.6 is 0 Å².